The zero-order chi connectivity index (χ0) is 10.6. The van der Waals surface area contributed by atoms with E-state index < -0.39 is 17.9 Å². The minimum atomic E-state index is -0.419. The standard InChI is InChI=1S/C6H4ClN.C5H10.Mo/c7-5-3-1-2-4-6(5)8;1-5(2,3)4;/h1-4H;1H,2-4H3;/q;;+2. The van der Waals surface area contributed by atoms with Gasteiger partial charge in [-0.15, -0.1) is 0 Å². The van der Waals surface area contributed by atoms with Crippen molar-refractivity contribution in [3.8, 4) is 0 Å². The zero-order valence-corrected chi connectivity index (χ0v) is 11.4. The molecule has 0 aliphatic rings. The Morgan fingerprint density at radius 3 is 2.50 bits per heavy atom. The maximum absolute atomic E-state index is 5.99. The van der Waals surface area contributed by atoms with Crippen LogP contribution in [0.3, 0.4) is 0 Å². The van der Waals surface area contributed by atoms with Gasteiger partial charge in [-0.2, -0.15) is 0 Å². The van der Waals surface area contributed by atoms with Gasteiger partial charge in [-0.1, -0.05) is 0 Å². The van der Waals surface area contributed by atoms with Crippen molar-refractivity contribution in [2.75, 3.05) is 0 Å². The van der Waals surface area contributed by atoms with E-state index in [1.54, 1.807) is 0 Å². The molecule has 0 saturated heterocycles. The fraction of sp³-hybridized carbons (Fsp3) is 0.364. The van der Waals surface area contributed by atoms with Crippen LogP contribution in [0.4, 0.5) is 5.69 Å². The molecule has 0 radical (unpaired) electrons. The van der Waals surface area contributed by atoms with Gasteiger partial charge in [0, 0.05) is 0 Å². The van der Waals surface area contributed by atoms with E-state index in [4.69, 9.17) is 11.6 Å². The first kappa shape index (κ1) is 11.9. The normalized spacial score (nSPS) is 10.6. The third kappa shape index (κ3) is 4.39. The van der Waals surface area contributed by atoms with Gasteiger partial charge in [0.15, 0.2) is 0 Å². The summed E-state index contributed by atoms with van der Waals surface area (Å²) in [5.74, 6) is 0. The van der Waals surface area contributed by atoms with E-state index >= 15 is 0 Å². The Kier molecular flexibility index (Phi) is 4.34. The summed E-state index contributed by atoms with van der Waals surface area (Å²) in [6.45, 7) is 6.58. The predicted octanol–water partition coefficient (Wildman–Crippen LogP) is 4.09. The molecule has 1 aromatic carbocycles. The first-order valence-corrected chi connectivity index (χ1v) is 6.88. The minimum absolute atomic E-state index is 0.271. The Hall–Kier alpha value is -0.132. The number of nitrogens with zero attached hydrogens (tertiary/aromatic N) is 1. The van der Waals surface area contributed by atoms with Crippen LogP contribution in [0.15, 0.2) is 27.8 Å². The number of rotatable bonds is 1. The van der Waals surface area contributed by atoms with Gasteiger partial charge in [0.05, 0.1) is 0 Å². The van der Waals surface area contributed by atoms with E-state index in [0.29, 0.717) is 0 Å². The second-order valence-corrected chi connectivity index (χ2v) is 6.09. The average Bonchev–Trinajstić information content (AvgIpc) is 2.06. The van der Waals surface area contributed by atoms with Gasteiger partial charge >= 0.3 is 98.6 Å². The number of hydrogen-bond donors (Lipinski definition) is 0. The van der Waals surface area contributed by atoms with Gasteiger partial charge in [-0.05, 0) is 0 Å². The molecule has 0 heterocycles. The first-order chi connectivity index (χ1) is 6.49. The van der Waals surface area contributed by atoms with Crippen LogP contribution < -0.4 is 0 Å². The van der Waals surface area contributed by atoms with Gasteiger partial charge in [0.1, 0.15) is 0 Å². The number of halogens is 1. The second kappa shape index (κ2) is 5.09. The fourth-order valence-electron chi connectivity index (χ4n) is 0.767. The SMILES string of the molecule is CC(C)(C)[CH]=[Mo+2]=[N]c1ccccc1Cl. The van der Waals surface area contributed by atoms with Crippen molar-refractivity contribution in [3.63, 3.8) is 0 Å². The Bertz CT molecular complexity index is 373. The molecule has 0 saturated carbocycles. The summed E-state index contributed by atoms with van der Waals surface area (Å²) in [6.07, 6.45) is 0. The van der Waals surface area contributed by atoms with Crippen molar-refractivity contribution in [1.82, 2.24) is 0 Å². The van der Waals surface area contributed by atoms with Crippen molar-refractivity contribution in [1.29, 1.82) is 0 Å². The van der Waals surface area contributed by atoms with E-state index in [1.807, 2.05) is 24.3 Å². The van der Waals surface area contributed by atoms with Gasteiger partial charge in [0.25, 0.3) is 0 Å². The molecule has 0 bridgehead atoms. The number of benzene rings is 1. The van der Waals surface area contributed by atoms with Gasteiger partial charge < -0.3 is 0 Å². The van der Waals surface area contributed by atoms with E-state index in [-0.39, 0.29) is 5.41 Å². The fourth-order valence-corrected chi connectivity index (χ4v) is 2.66. The molecular weight excluding hydrogens is 278 g/mol. The monoisotopic (exact) mass is 293 g/mol. The van der Waals surface area contributed by atoms with Crippen LogP contribution in [-0.2, 0) is 17.9 Å². The number of hydrogen-bond acceptors (Lipinski definition) is 1. The molecule has 0 N–H and O–H groups in total. The molecule has 0 amide bonds. The summed E-state index contributed by atoms with van der Waals surface area (Å²) in [4.78, 5) is 0. The second-order valence-electron chi connectivity index (χ2n) is 4.13. The summed E-state index contributed by atoms with van der Waals surface area (Å²) in [6, 6.07) is 7.73. The topological polar surface area (TPSA) is 12.4 Å². The molecule has 1 aromatic rings. The van der Waals surface area contributed by atoms with Gasteiger partial charge in [-0.25, -0.2) is 0 Å². The van der Waals surface area contributed by atoms with Crippen molar-refractivity contribution in [2.45, 2.75) is 20.8 Å². The summed E-state index contributed by atoms with van der Waals surface area (Å²) >= 11 is 5.57. The Morgan fingerprint density at radius 2 is 1.93 bits per heavy atom. The van der Waals surface area contributed by atoms with Crippen LogP contribution in [0.25, 0.3) is 0 Å². The van der Waals surface area contributed by atoms with E-state index in [9.17, 15) is 0 Å². The summed E-state index contributed by atoms with van der Waals surface area (Å²) < 4.78 is 6.84. The third-order valence-electron chi connectivity index (χ3n) is 1.41. The molecule has 74 valence electrons. The molecule has 1 nitrogen and oxygen atoms in total. The predicted molar refractivity (Wildman–Crippen MR) is 59.1 cm³/mol. The van der Waals surface area contributed by atoms with Crippen molar-refractivity contribution in [3.05, 3.63) is 29.3 Å². The molecule has 0 fully saturated rings. The quantitative estimate of drug-likeness (QED) is 0.691. The van der Waals surface area contributed by atoms with Crippen LogP contribution in [0, 0.1) is 5.41 Å². The van der Waals surface area contributed by atoms with Crippen LogP contribution in [0.2, 0.25) is 5.02 Å². The van der Waals surface area contributed by atoms with Crippen molar-refractivity contribution in [2.24, 2.45) is 8.91 Å². The van der Waals surface area contributed by atoms with Gasteiger partial charge in [-0.3, -0.25) is 0 Å². The van der Waals surface area contributed by atoms with Crippen LogP contribution in [0.1, 0.15) is 20.8 Å². The van der Waals surface area contributed by atoms with Crippen molar-refractivity contribution >= 4 is 21.7 Å². The van der Waals surface area contributed by atoms with E-state index in [0.717, 1.165) is 10.7 Å². The maximum atomic E-state index is 5.99. The summed E-state index contributed by atoms with van der Waals surface area (Å²) in [5.41, 5.74) is 1.20. The van der Waals surface area contributed by atoms with Crippen molar-refractivity contribution < 1.29 is 17.9 Å². The molecular formula is C11H14ClMoN+2. The molecule has 0 unspecified atom stereocenters. The molecule has 0 aliphatic heterocycles. The average molecular weight is 292 g/mol. The molecule has 0 aromatic heterocycles. The van der Waals surface area contributed by atoms with Gasteiger partial charge in [0.2, 0.25) is 0 Å². The van der Waals surface area contributed by atoms with Crippen LogP contribution in [-0.4, -0.2) is 4.40 Å². The molecule has 14 heavy (non-hydrogen) atoms. The molecule has 1 rings (SSSR count). The van der Waals surface area contributed by atoms with E-state index in [1.165, 1.54) is 0 Å². The summed E-state index contributed by atoms with van der Waals surface area (Å²) in [5, 5.41) is 0.750. The van der Waals surface area contributed by atoms with Crippen LogP contribution >= 0.6 is 11.6 Å². The first-order valence-electron chi connectivity index (χ1n) is 4.45. The Labute approximate surface area is 98.4 Å². The molecule has 3 heteroatoms. The molecule has 0 atom stereocenters. The zero-order valence-electron chi connectivity index (χ0n) is 8.62. The van der Waals surface area contributed by atoms with Crippen LogP contribution in [0.5, 0.6) is 0 Å². The molecule has 0 aliphatic carbocycles. The summed E-state index contributed by atoms with van der Waals surface area (Å²) in [7, 11) is 0. The Morgan fingerprint density at radius 1 is 1.29 bits per heavy atom. The Balaban J connectivity index is 2.90. The third-order valence-corrected chi connectivity index (χ3v) is 4.47. The van der Waals surface area contributed by atoms with E-state index in [2.05, 4.69) is 28.7 Å². The molecule has 0 spiro atoms.